The molecule has 1 heterocycles. The largest absolute Gasteiger partial charge is 0.316 e. The molecule has 19 heavy (non-hydrogen) atoms. The molecule has 3 aromatic rings. The molecular weight excluding hydrogens is 270 g/mol. The third-order valence-electron chi connectivity index (χ3n) is 3.01. The number of hydrogen-bond acceptors (Lipinski definition) is 3. The van der Waals surface area contributed by atoms with Gasteiger partial charge in [-0.2, -0.15) is 0 Å². The van der Waals surface area contributed by atoms with E-state index in [4.69, 9.17) is 0 Å². The van der Waals surface area contributed by atoms with Crippen LogP contribution in [0.2, 0.25) is 0 Å². The lowest BCUT2D eigenvalue weighted by atomic mass is 10.2. The predicted octanol–water partition coefficient (Wildman–Crippen LogP) is 4.77. The van der Waals surface area contributed by atoms with Gasteiger partial charge in [0, 0.05) is 31.8 Å². The number of hydrogen-bond donors (Lipinski definition) is 1. The molecule has 1 nitrogen and oxygen atoms in total. The Hall–Kier alpha value is -1.29. The Bertz CT molecular complexity index is 688. The van der Waals surface area contributed by atoms with E-state index in [0.29, 0.717) is 0 Å². The van der Waals surface area contributed by atoms with Crippen molar-refractivity contribution < 1.29 is 0 Å². The van der Waals surface area contributed by atoms with Gasteiger partial charge >= 0.3 is 0 Å². The molecule has 1 aromatic heterocycles. The van der Waals surface area contributed by atoms with E-state index in [1.54, 1.807) is 0 Å². The van der Waals surface area contributed by atoms with E-state index >= 15 is 0 Å². The van der Waals surface area contributed by atoms with Crippen molar-refractivity contribution in [2.75, 3.05) is 7.05 Å². The highest BCUT2D eigenvalue weighted by Crippen LogP contribution is 2.38. The molecule has 0 radical (unpaired) electrons. The number of rotatable bonds is 4. The minimum atomic E-state index is 0.908. The highest BCUT2D eigenvalue weighted by atomic mass is 32.2. The summed E-state index contributed by atoms with van der Waals surface area (Å²) in [5.74, 6) is 0. The standard InChI is InChI=1S/C16H15NS2/c1-17-10-12-6-2-4-8-14(12)19-16-11-18-15-9-5-3-7-13(15)16/h2-9,11,17H,10H2,1H3. The number of nitrogens with one attached hydrogen (secondary N) is 1. The first kappa shape index (κ1) is 12.7. The second-order valence-corrected chi connectivity index (χ2v) is 6.33. The lowest BCUT2D eigenvalue weighted by Crippen LogP contribution is -2.05. The lowest BCUT2D eigenvalue weighted by molar-refractivity contribution is 0.803. The van der Waals surface area contributed by atoms with Crippen molar-refractivity contribution in [2.24, 2.45) is 0 Å². The fourth-order valence-corrected chi connectivity index (χ4v) is 4.26. The first-order valence-electron chi connectivity index (χ1n) is 6.25. The summed E-state index contributed by atoms with van der Waals surface area (Å²) in [6.45, 7) is 0.908. The minimum absolute atomic E-state index is 0.908. The van der Waals surface area contributed by atoms with Gasteiger partial charge in [0.1, 0.15) is 0 Å². The van der Waals surface area contributed by atoms with Gasteiger partial charge in [-0.25, -0.2) is 0 Å². The van der Waals surface area contributed by atoms with Gasteiger partial charge in [0.15, 0.2) is 0 Å². The Morgan fingerprint density at radius 3 is 2.68 bits per heavy atom. The summed E-state index contributed by atoms with van der Waals surface area (Å²) in [6.07, 6.45) is 0. The van der Waals surface area contributed by atoms with Crippen molar-refractivity contribution in [1.29, 1.82) is 0 Å². The van der Waals surface area contributed by atoms with E-state index in [2.05, 4.69) is 59.2 Å². The molecule has 3 heteroatoms. The molecule has 0 saturated heterocycles. The van der Waals surface area contributed by atoms with Crippen LogP contribution in [0, 0.1) is 0 Å². The van der Waals surface area contributed by atoms with Crippen LogP contribution in [-0.2, 0) is 6.54 Å². The molecule has 0 amide bonds. The lowest BCUT2D eigenvalue weighted by Gasteiger charge is -2.07. The third kappa shape index (κ3) is 2.68. The zero-order chi connectivity index (χ0) is 13.1. The van der Waals surface area contributed by atoms with Crippen LogP contribution in [0.4, 0.5) is 0 Å². The van der Waals surface area contributed by atoms with Gasteiger partial charge in [0.2, 0.25) is 0 Å². The van der Waals surface area contributed by atoms with Crippen LogP contribution in [0.15, 0.2) is 63.7 Å². The molecule has 0 spiro atoms. The second-order valence-electron chi connectivity index (χ2n) is 4.34. The monoisotopic (exact) mass is 285 g/mol. The van der Waals surface area contributed by atoms with Gasteiger partial charge in [-0.1, -0.05) is 48.2 Å². The Morgan fingerprint density at radius 1 is 1.00 bits per heavy atom. The number of fused-ring (bicyclic) bond motifs is 1. The smallest absolute Gasteiger partial charge is 0.0354 e. The van der Waals surface area contributed by atoms with E-state index in [1.807, 2.05) is 30.1 Å². The van der Waals surface area contributed by atoms with Crippen LogP contribution in [0.5, 0.6) is 0 Å². The van der Waals surface area contributed by atoms with Gasteiger partial charge in [-0.05, 0) is 24.7 Å². The molecule has 0 unspecified atom stereocenters. The SMILES string of the molecule is CNCc1ccccc1Sc1csc2ccccc12. The summed E-state index contributed by atoms with van der Waals surface area (Å²) in [6, 6.07) is 17.2. The number of thiophene rings is 1. The maximum atomic E-state index is 3.23. The molecule has 0 aliphatic carbocycles. The van der Waals surface area contributed by atoms with Crippen molar-refractivity contribution in [3.05, 3.63) is 59.5 Å². The summed E-state index contributed by atoms with van der Waals surface area (Å²) >= 11 is 3.68. The molecule has 2 aromatic carbocycles. The van der Waals surface area contributed by atoms with Crippen molar-refractivity contribution in [1.82, 2.24) is 5.32 Å². The summed E-state index contributed by atoms with van der Waals surface area (Å²) in [4.78, 5) is 2.68. The molecule has 96 valence electrons. The van der Waals surface area contributed by atoms with Crippen molar-refractivity contribution in [3.63, 3.8) is 0 Å². The van der Waals surface area contributed by atoms with Crippen molar-refractivity contribution in [3.8, 4) is 0 Å². The Kier molecular flexibility index (Phi) is 3.87. The van der Waals surface area contributed by atoms with Crippen LogP contribution >= 0.6 is 23.1 Å². The molecule has 0 atom stereocenters. The van der Waals surface area contributed by atoms with E-state index in [9.17, 15) is 0 Å². The average molecular weight is 285 g/mol. The van der Waals surface area contributed by atoms with Crippen molar-refractivity contribution >= 4 is 33.2 Å². The zero-order valence-corrected chi connectivity index (χ0v) is 12.4. The summed E-state index contributed by atoms with van der Waals surface area (Å²) < 4.78 is 1.36. The van der Waals surface area contributed by atoms with Gasteiger partial charge in [-0.15, -0.1) is 11.3 Å². The van der Waals surface area contributed by atoms with Gasteiger partial charge < -0.3 is 5.32 Å². The maximum Gasteiger partial charge on any atom is 0.0354 e. The van der Waals surface area contributed by atoms with E-state index in [-0.39, 0.29) is 0 Å². The molecule has 3 rings (SSSR count). The summed E-state index contributed by atoms with van der Waals surface area (Å²) in [5.41, 5.74) is 1.35. The zero-order valence-electron chi connectivity index (χ0n) is 10.7. The van der Waals surface area contributed by atoms with Crippen LogP contribution < -0.4 is 5.32 Å². The van der Waals surface area contributed by atoms with Crippen molar-refractivity contribution in [2.45, 2.75) is 16.3 Å². The van der Waals surface area contributed by atoms with E-state index in [1.165, 1.54) is 25.4 Å². The second kappa shape index (κ2) is 5.78. The highest BCUT2D eigenvalue weighted by molar-refractivity contribution is 7.99. The topological polar surface area (TPSA) is 12.0 Å². The Labute approximate surface area is 121 Å². The van der Waals surface area contributed by atoms with E-state index < -0.39 is 0 Å². The van der Waals surface area contributed by atoms with Gasteiger partial charge in [-0.3, -0.25) is 0 Å². The number of benzene rings is 2. The molecule has 0 bridgehead atoms. The Morgan fingerprint density at radius 2 is 1.79 bits per heavy atom. The fraction of sp³-hybridized carbons (Fsp3) is 0.125. The van der Waals surface area contributed by atoms with Gasteiger partial charge in [0.25, 0.3) is 0 Å². The quantitative estimate of drug-likeness (QED) is 0.741. The molecule has 0 aliphatic rings. The van der Waals surface area contributed by atoms with E-state index in [0.717, 1.165) is 6.54 Å². The normalized spacial score (nSPS) is 11.0. The minimum Gasteiger partial charge on any atom is -0.316 e. The predicted molar refractivity (Wildman–Crippen MR) is 85.2 cm³/mol. The third-order valence-corrected chi connectivity index (χ3v) is 5.29. The van der Waals surface area contributed by atoms with Gasteiger partial charge in [0.05, 0.1) is 0 Å². The van der Waals surface area contributed by atoms with Crippen LogP contribution in [-0.4, -0.2) is 7.05 Å². The molecular formula is C16H15NS2. The maximum absolute atomic E-state index is 3.23. The highest BCUT2D eigenvalue weighted by Gasteiger charge is 2.07. The van der Waals surface area contributed by atoms with Crippen LogP contribution in [0.3, 0.4) is 0 Å². The fourth-order valence-electron chi connectivity index (χ4n) is 2.09. The molecule has 0 aliphatic heterocycles. The van der Waals surface area contributed by atoms with Crippen LogP contribution in [0.1, 0.15) is 5.56 Å². The Balaban J connectivity index is 1.97. The molecule has 0 saturated carbocycles. The first-order valence-corrected chi connectivity index (χ1v) is 7.94. The molecule has 0 fully saturated rings. The summed E-state index contributed by atoms with van der Waals surface area (Å²) in [5, 5.41) is 6.84. The first-order chi connectivity index (χ1) is 9.38. The summed E-state index contributed by atoms with van der Waals surface area (Å²) in [7, 11) is 1.99. The van der Waals surface area contributed by atoms with Crippen LogP contribution in [0.25, 0.3) is 10.1 Å². The average Bonchev–Trinajstić information content (AvgIpc) is 2.85. The molecule has 1 N–H and O–H groups in total.